The molecule has 1 aromatic carbocycles. The largest absolute Gasteiger partial charge is 0.469 e. The van der Waals surface area contributed by atoms with Crippen LogP contribution in [0.3, 0.4) is 0 Å². The lowest BCUT2D eigenvalue weighted by Crippen LogP contribution is -2.37. The van der Waals surface area contributed by atoms with Crippen LogP contribution < -0.4 is 5.73 Å². The van der Waals surface area contributed by atoms with E-state index in [4.69, 9.17) is 17.3 Å². The molecule has 0 saturated carbocycles. The molecule has 0 saturated heterocycles. The number of nitro benzene ring substituents is 1. The van der Waals surface area contributed by atoms with E-state index < -0.39 is 22.3 Å². The Kier molecular flexibility index (Phi) is 6.40. The summed E-state index contributed by atoms with van der Waals surface area (Å²) in [4.78, 5) is 21.9. The predicted molar refractivity (Wildman–Crippen MR) is 78.1 cm³/mol. The van der Waals surface area contributed by atoms with E-state index in [-0.39, 0.29) is 23.1 Å². The second-order valence-electron chi connectivity index (χ2n) is 4.65. The van der Waals surface area contributed by atoms with Crippen molar-refractivity contribution in [2.45, 2.75) is 19.9 Å². The highest BCUT2D eigenvalue weighted by molar-refractivity contribution is 6.31. The fourth-order valence-electron chi connectivity index (χ4n) is 1.66. The monoisotopic (exact) mass is 322 g/mol. The van der Waals surface area contributed by atoms with Crippen LogP contribution in [-0.4, -0.2) is 18.0 Å². The average molecular weight is 323 g/mol. The minimum Gasteiger partial charge on any atom is -0.469 e. The van der Waals surface area contributed by atoms with E-state index in [2.05, 4.69) is 4.74 Å². The lowest BCUT2D eigenvalue weighted by atomic mass is 9.81. The van der Waals surface area contributed by atoms with Crippen molar-refractivity contribution in [3.8, 4) is 0 Å². The molecule has 1 aromatic rings. The van der Waals surface area contributed by atoms with Gasteiger partial charge in [-0.05, 0) is 25.5 Å². The molecule has 1 rings (SSSR count). The van der Waals surface area contributed by atoms with Gasteiger partial charge >= 0.3 is 5.97 Å². The third kappa shape index (κ3) is 3.59. The highest BCUT2D eigenvalue weighted by atomic mass is 35.5. The zero-order valence-electron chi connectivity index (χ0n) is 11.3. The van der Waals surface area contributed by atoms with Crippen LogP contribution in [0.15, 0.2) is 18.2 Å². The summed E-state index contributed by atoms with van der Waals surface area (Å²) in [6.45, 7) is 3.19. The van der Waals surface area contributed by atoms with Gasteiger partial charge in [0.15, 0.2) is 0 Å². The summed E-state index contributed by atoms with van der Waals surface area (Å²) < 4.78 is 4.68. The zero-order valence-corrected chi connectivity index (χ0v) is 12.8. The molecule has 20 heavy (non-hydrogen) atoms. The van der Waals surface area contributed by atoms with Gasteiger partial charge in [0.2, 0.25) is 0 Å². The van der Waals surface area contributed by atoms with Crippen LogP contribution in [0.1, 0.15) is 25.5 Å². The van der Waals surface area contributed by atoms with Crippen molar-refractivity contribution >= 4 is 35.7 Å². The van der Waals surface area contributed by atoms with Gasteiger partial charge in [-0.15, -0.1) is 12.4 Å². The summed E-state index contributed by atoms with van der Waals surface area (Å²) in [5.74, 6) is -0.512. The highest BCUT2D eigenvalue weighted by Crippen LogP contribution is 2.37. The molecule has 0 aliphatic carbocycles. The first-order valence-electron chi connectivity index (χ1n) is 5.49. The van der Waals surface area contributed by atoms with Gasteiger partial charge < -0.3 is 10.5 Å². The molecule has 6 nitrogen and oxygen atoms in total. The van der Waals surface area contributed by atoms with Crippen LogP contribution in [0, 0.1) is 15.5 Å². The molecule has 0 spiro atoms. The normalized spacial score (nSPS) is 12.2. The van der Waals surface area contributed by atoms with Gasteiger partial charge in [0.1, 0.15) is 0 Å². The number of benzene rings is 1. The maximum absolute atomic E-state index is 11.7. The van der Waals surface area contributed by atoms with Crippen LogP contribution in [0.5, 0.6) is 0 Å². The number of hydrogen-bond donors (Lipinski definition) is 1. The molecule has 0 heterocycles. The maximum atomic E-state index is 11.7. The van der Waals surface area contributed by atoms with Crippen LogP contribution in [-0.2, 0) is 9.53 Å². The Balaban J connectivity index is 0.00000361. The molecular formula is C12H16Cl2N2O4. The molecule has 0 fully saturated rings. The lowest BCUT2D eigenvalue weighted by Gasteiger charge is -2.29. The van der Waals surface area contributed by atoms with Crippen molar-refractivity contribution in [3.05, 3.63) is 38.9 Å². The Morgan fingerprint density at radius 3 is 2.50 bits per heavy atom. The van der Waals surface area contributed by atoms with Gasteiger partial charge in [0.25, 0.3) is 5.69 Å². The summed E-state index contributed by atoms with van der Waals surface area (Å²) >= 11 is 5.99. The second kappa shape index (κ2) is 6.88. The van der Waals surface area contributed by atoms with Crippen molar-refractivity contribution in [2.24, 2.45) is 11.1 Å². The summed E-state index contributed by atoms with van der Waals surface area (Å²) in [5.41, 5.74) is 5.17. The van der Waals surface area contributed by atoms with Crippen molar-refractivity contribution in [1.82, 2.24) is 0 Å². The first kappa shape index (κ1) is 18.6. The van der Waals surface area contributed by atoms with Gasteiger partial charge in [-0.3, -0.25) is 14.9 Å². The number of non-ortho nitro benzene ring substituents is 1. The predicted octanol–water partition coefficient (Wildman–Crippen LogP) is 2.87. The molecule has 0 aliphatic rings. The number of nitrogens with two attached hydrogens (primary N) is 1. The Morgan fingerprint density at radius 2 is 2.05 bits per heavy atom. The van der Waals surface area contributed by atoms with Crippen LogP contribution in [0.25, 0.3) is 0 Å². The third-order valence-electron chi connectivity index (χ3n) is 3.01. The standard InChI is InChI=1S/C12H15ClN2O4.ClH/c1-12(2,11(16)19-3)10(14)8-6-7(15(17)18)4-5-9(8)13;/h4-6,10H,14H2,1-3H3;1H/t10-;/m1./s1. The van der Waals surface area contributed by atoms with Gasteiger partial charge in [-0.2, -0.15) is 0 Å². The number of carbonyl (C=O) groups excluding carboxylic acids is 1. The van der Waals surface area contributed by atoms with E-state index in [0.29, 0.717) is 5.56 Å². The Bertz CT molecular complexity index is 520. The smallest absolute Gasteiger partial charge is 0.313 e. The summed E-state index contributed by atoms with van der Waals surface area (Å²) in [5, 5.41) is 11.0. The summed E-state index contributed by atoms with van der Waals surface area (Å²) in [6.07, 6.45) is 0. The van der Waals surface area contributed by atoms with Gasteiger partial charge in [-0.1, -0.05) is 11.6 Å². The molecule has 0 aromatic heterocycles. The molecule has 1 atom stereocenters. The van der Waals surface area contributed by atoms with Crippen molar-refractivity contribution < 1.29 is 14.5 Å². The minimum absolute atomic E-state index is 0. The van der Waals surface area contributed by atoms with Gasteiger partial charge in [0, 0.05) is 23.2 Å². The number of nitrogens with zero attached hydrogens (tertiary/aromatic N) is 1. The Morgan fingerprint density at radius 1 is 1.50 bits per heavy atom. The molecule has 0 radical (unpaired) electrons. The molecular weight excluding hydrogens is 307 g/mol. The van der Waals surface area contributed by atoms with E-state index in [1.807, 2.05) is 0 Å². The number of rotatable bonds is 4. The van der Waals surface area contributed by atoms with Crippen molar-refractivity contribution in [3.63, 3.8) is 0 Å². The quantitative estimate of drug-likeness (QED) is 0.522. The molecule has 2 N–H and O–H groups in total. The lowest BCUT2D eigenvalue weighted by molar-refractivity contribution is -0.384. The number of halogens is 2. The van der Waals surface area contributed by atoms with Crippen LogP contribution in [0.2, 0.25) is 5.02 Å². The van der Waals surface area contributed by atoms with E-state index in [9.17, 15) is 14.9 Å². The fourth-order valence-corrected chi connectivity index (χ4v) is 1.90. The molecule has 0 unspecified atom stereocenters. The van der Waals surface area contributed by atoms with E-state index in [1.54, 1.807) is 13.8 Å². The Labute approximate surface area is 127 Å². The Hall–Kier alpha value is -1.37. The number of methoxy groups -OCH3 is 1. The molecule has 0 amide bonds. The molecule has 0 aliphatic heterocycles. The highest BCUT2D eigenvalue weighted by Gasteiger charge is 2.38. The first-order valence-corrected chi connectivity index (χ1v) is 5.87. The van der Waals surface area contributed by atoms with Crippen LogP contribution in [0.4, 0.5) is 5.69 Å². The number of carbonyl (C=O) groups is 1. The van der Waals surface area contributed by atoms with Gasteiger partial charge in [0.05, 0.1) is 17.4 Å². The number of ether oxygens (including phenoxy) is 1. The second-order valence-corrected chi connectivity index (χ2v) is 5.06. The van der Waals surface area contributed by atoms with E-state index in [1.165, 1.54) is 25.3 Å². The summed E-state index contributed by atoms with van der Waals surface area (Å²) in [7, 11) is 1.26. The maximum Gasteiger partial charge on any atom is 0.313 e. The van der Waals surface area contributed by atoms with Crippen molar-refractivity contribution in [1.29, 1.82) is 0 Å². The SMILES string of the molecule is COC(=O)C(C)(C)[C@H](N)c1cc([N+](=O)[O-])ccc1Cl.Cl. The van der Waals surface area contributed by atoms with Crippen LogP contribution >= 0.6 is 24.0 Å². The molecule has 8 heteroatoms. The summed E-state index contributed by atoms with van der Waals surface area (Å²) in [6, 6.07) is 3.14. The number of nitro groups is 1. The molecule has 112 valence electrons. The van der Waals surface area contributed by atoms with Crippen molar-refractivity contribution in [2.75, 3.05) is 7.11 Å². The number of esters is 1. The van der Waals surface area contributed by atoms with E-state index >= 15 is 0 Å². The third-order valence-corrected chi connectivity index (χ3v) is 3.36. The number of hydrogen-bond acceptors (Lipinski definition) is 5. The molecule has 0 bridgehead atoms. The fraction of sp³-hybridized carbons (Fsp3) is 0.417. The van der Waals surface area contributed by atoms with E-state index in [0.717, 1.165) is 0 Å². The van der Waals surface area contributed by atoms with Gasteiger partial charge in [-0.25, -0.2) is 0 Å². The average Bonchev–Trinajstić information content (AvgIpc) is 2.36. The topological polar surface area (TPSA) is 95.5 Å². The first-order chi connectivity index (χ1) is 8.71. The zero-order chi connectivity index (χ0) is 14.8. The minimum atomic E-state index is -1.05.